The summed E-state index contributed by atoms with van der Waals surface area (Å²) in [5.41, 5.74) is -6.86. The molecule has 1 spiro atoms. The monoisotopic (exact) mass is 694 g/mol. The largest absolute Gasteiger partial charge is 0.465 e. The Labute approximate surface area is 291 Å². The van der Waals surface area contributed by atoms with Crippen LogP contribution in [0.4, 0.5) is 0 Å². The molecule has 2 aliphatic carbocycles. The number of ether oxygens (including phenoxy) is 6. The number of carbonyl (C=O) groups is 5. The summed E-state index contributed by atoms with van der Waals surface area (Å²) in [6.45, 7) is 10.3. The van der Waals surface area contributed by atoms with Crippen molar-refractivity contribution in [3.63, 3.8) is 0 Å². The molecule has 5 rings (SSSR count). The number of esters is 5. The van der Waals surface area contributed by atoms with Crippen molar-refractivity contribution < 1.29 is 57.5 Å². The van der Waals surface area contributed by atoms with Crippen LogP contribution >= 0.6 is 0 Å². The summed E-state index contributed by atoms with van der Waals surface area (Å²) >= 11 is 0. The molecule has 0 aromatic heterocycles. The van der Waals surface area contributed by atoms with Crippen LogP contribution in [-0.4, -0.2) is 82.8 Å². The molecule has 2 aromatic rings. The molecule has 1 heterocycles. The molecule has 9 atom stereocenters. The lowest BCUT2D eigenvalue weighted by atomic mass is 9.46. The van der Waals surface area contributed by atoms with Gasteiger partial charge < -0.3 is 33.5 Å². The quantitative estimate of drug-likeness (QED) is 0.272. The molecule has 50 heavy (non-hydrogen) atoms. The summed E-state index contributed by atoms with van der Waals surface area (Å²) in [5.74, 6) is -4.82. The van der Waals surface area contributed by atoms with E-state index in [0.717, 1.165) is 0 Å². The Morgan fingerprint density at radius 3 is 1.90 bits per heavy atom. The first-order chi connectivity index (χ1) is 23.5. The maximum Gasteiger partial charge on any atom is 0.338 e. The van der Waals surface area contributed by atoms with Crippen LogP contribution in [-0.2, 0) is 42.8 Å². The van der Waals surface area contributed by atoms with Crippen molar-refractivity contribution >= 4 is 29.8 Å². The third-order valence-corrected chi connectivity index (χ3v) is 10.7. The Morgan fingerprint density at radius 2 is 1.38 bits per heavy atom. The predicted octanol–water partition coefficient (Wildman–Crippen LogP) is 4.60. The molecule has 0 radical (unpaired) electrons. The Hall–Kier alpha value is -4.29. The third-order valence-electron chi connectivity index (χ3n) is 10.7. The maximum atomic E-state index is 14.0. The normalized spacial score (nSPS) is 32.8. The third kappa shape index (κ3) is 6.28. The minimum Gasteiger partial charge on any atom is -0.465 e. The zero-order chi connectivity index (χ0) is 36.6. The standard InChI is InChI=1S/C38H46O12/c1-8-22(2)32(41)48-29-19-27-30(46-24(4)40)38(50-35(27,5)6)36(7,44)20-28(47-33(42)25-15-11-9-12-16-25)31(37(29,38)21-45-23(3)39)49-34(43)26-17-13-10-14-18-26/h9-18,22,27-31,44H,8,19-21H2,1-7H3/t22?,27-,28?,29?,30?,31?,36-,37+,38+/m1/s1. The van der Waals surface area contributed by atoms with Gasteiger partial charge in [-0.1, -0.05) is 50.2 Å². The van der Waals surface area contributed by atoms with Gasteiger partial charge in [0.15, 0.2) is 11.7 Å². The highest BCUT2D eigenvalue weighted by molar-refractivity contribution is 5.90. The van der Waals surface area contributed by atoms with E-state index >= 15 is 0 Å². The lowest BCUT2D eigenvalue weighted by Crippen LogP contribution is -2.83. The van der Waals surface area contributed by atoms with Gasteiger partial charge in [0, 0.05) is 26.2 Å². The van der Waals surface area contributed by atoms with E-state index in [9.17, 15) is 29.1 Å². The average molecular weight is 695 g/mol. The first-order valence-corrected chi connectivity index (χ1v) is 17.0. The Balaban J connectivity index is 1.81. The van der Waals surface area contributed by atoms with Crippen LogP contribution in [0.5, 0.6) is 0 Å². The summed E-state index contributed by atoms with van der Waals surface area (Å²) in [6.07, 6.45) is -5.39. The first kappa shape index (κ1) is 37.0. The smallest absolute Gasteiger partial charge is 0.338 e. The highest BCUT2D eigenvalue weighted by Gasteiger charge is 2.86. The van der Waals surface area contributed by atoms with Crippen molar-refractivity contribution in [3.8, 4) is 0 Å². The topological polar surface area (TPSA) is 161 Å². The molecule has 12 heteroatoms. The van der Waals surface area contributed by atoms with Crippen LogP contribution < -0.4 is 0 Å². The van der Waals surface area contributed by atoms with Crippen molar-refractivity contribution in [3.05, 3.63) is 71.8 Å². The molecule has 0 amide bonds. The van der Waals surface area contributed by atoms with E-state index < -0.39 is 94.9 Å². The SMILES string of the molecule is CCC(C)C(=O)OC1C[C@@H]2C(OC(C)=O)[C@@]3(OC2(C)C)[C@]1(COC(C)=O)C(OC(=O)c1ccccc1)C(OC(=O)c1ccccc1)C[C@@]3(C)O. The van der Waals surface area contributed by atoms with E-state index in [4.69, 9.17) is 28.4 Å². The van der Waals surface area contributed by atoms with Gasteiger partial charge in [0.05, 0.1) is 28.2 Å². The van der Waals surface area contributed by atoms with E-state index in [2.05, 4.69) is 0 Å². The fourth-order valence-electron chi connectivity index (χ4n) is 8.18. The van der Waals surface area contributed by atoms with Crippen LogP contribution in [0.3, 0.4) is 0 Å². The molecule has 270 valence electrons. The second-order valence-corrected chi connectivity index (χ2v) is 14.3. The number of hydrogen-bond acceptors (Lipinski definition) is 12. The molecule has 1 saturated heterocycles. The molecule has 12 nitrogen and oxygen atoms in total. The highest BCUT2D eigenvalue weighted by atomic mass is 16.6. The van der Waals surface area contributed by atoms with Crippen LogP contribution in [0.2, 0.25) is 0 Å². The first-order valence-electron chi connectivity index (χ1n) is 17.0. The average Bonchev–Trinajstić information content (AvgIpc) is 3.23. The summed E-state index contributed by atoms with van der Waals surface area (Å²) < 4.78 is 37.5. The Morgan fingerprint density at radius 1 is 0.820 bits per heavy atom. The molecule has 2 bridgehead atoms. The molecule has 1 aliphatic heterocycles. The zero-order valence-corrected chi connectivity index (χ0v) is 29.5. The molecule has 5 unspecified atom stereocenters. The number of fused-ring (bicyclic) bond motifs is 1. The second kappa shape index (κ2) is 13.8. The van der Waals surface area contributed by atoms with Gasteiger partial charge in [-0.25, -0.2) is 9.59 Å². The Kier molecular flexibility index (Phi) is 10.2. The van der Waals surface area contributed by atoms with Crippen molar-refractivity contribution in [2.45, 2.75) is 109 Å². The van der Waals surface area contributed by atoms with Gasteiger partial charge in [0.25, 0.3) is 0 Å². The van der Waals surface area contributed by atoms with Crippen LogP contribution in [0.15, 0.2) is 60.7 Å². The zero-order valence-electron chi connectivity index (χ0n) is 29.5. The molecule has 2 aromatic carbocycles. The number of rotatable bonds is 10. The van der Waals surface area contributed by atoms with Gasteiger partial charge in [0.2, 0.25) is 0 Å². The van der Waals surface area contributed by atoms with E-state index in [1.807, 2.05) is 6.92 Å². The molecule has 3 fully saturated rings. The predicted molar refractivity (Wildman–Crippen MR) is 176 cm³/mol. The molecule has 3 aliphatic rings. The van der Waals surface area contributed by atoms with Gasteiger partial charge in [-0.3, -0.25) is 14.4 Å². The van der Waals surface area contributed by atoms with Crippen molar-refractivity contribution in [2.75, 3.05) is 6.61 Å². The van der Waals surface area contributed by atoms with E-state index in [0.29, 0.717) is 6.42 Å². The lowest BCUT2D eigenvalue weighted by molar-refractivity contribution is -0.354. The highest BCUT2D eigenvalue weighted by Crippen LogP contribution is 2.69. The number of carbonyl (C=O) groups excluding carboxylic acids is 5. The minimum absolute atomic E-state index is 0.00897. The van der Waals surface area contributed by atoms with Crippen LogP contribution in [0, 0.1) is 17.3 Å². The molecule has 2 saturated carbocycles. The summed E-state index contributed by atoms with van der Waals surface area (Å²) in [4.78, 5) is 66.9. The maximum absolute atomic E-state index is 14.0. The summed E-state index contributed by atoms with van der Waals surface area (Å²) in [5, 5.41) is 12.8. The van der Waals surface area contributed by atoms with Gasteiger partial charge in [0.1, 0.15) is 30.3 Å². The number of benzene rings is 2. The van der Waals surface area contributed by atoms with Crippen molar-refractivity contribution in [2.24, 2.45) is 17.3 Å². The van der Waals surface area contributed by atoms with Gasteiger partial charge in [-0.2, -0.15) is 0 Å². The fraction of sp³-hybridized carbons (Fsp3) is 0.553. The summed E-state index contributed by atoms with van der Waals surface area (Å²) in [6, 6.07) is 16.2. The number of aliphatic hydroxyl groups is 1. The van der Waals surface area contributed by atoms with E-state index in [1.54, 1.807) is 69.3 Å². The van der Waals surface area contributed by atoms with Crippen molar-refractivity contribution in [1.82, 2.24) is 0 Å². The fourth-order valence-corrected chi connectivity index (χ4v) is 8.18. The van der Waals surface area contributed by atoms with Crippen LogP contribution in [0.25, 0.3) is 0 Å². The lowest BCUT2D eigenvalue weighted by Gasteiger charge is -2.65. The second-order valence-electron chi connectivity index (χ2n) is 14.3. The van der Waals surface area contributed by atoms with Gasteiger partial charge in [-0.05, 0) is 57.9 Å². The van der Waals surface area contributed by atoms with E-state index in [-0.39, 0.29) is 24.0 Å². The Bertz CT molecular complexity index is 1600. The van der Waals surface area contributed by atoms with Crippen LogP contribution in [0.1, 0.15) is 88.4 Å². The van der Waals surface area contributed by atoms with E-state index in [1.165, 1.54) is 32.9 Å². The molecular weight excluding hydrogens is 648 g/mol. The van der Waals surface area contributed by atoms with Gasteiger partial charge >= 0.3 is 29.8 Å². The van der Waals surface area contributed by atoms with Gasteiger partial charge in [-0.15, -0.1) is 0 Å². The minimum atomic E-state index is -2.04. The molecule has 1 N–H and O–H groups in total. The van der Waals surface area contributed by atoms with Crippen molar-refractivity contribution in [1.29, 1.82) is 0 Å². The molecular formula is C38H46O12. The number of hydrogen-bond donors (Lipinski definition) is 1. The summed E-state index contributed by atoms with van der Waals surface area (Å²) in [7, 11) is 0.